The summed E-state index contributed by atoms with van der Waals surface area (Å²) < 4.78 is 0. The lowest BCUT2D eigenvalue weighted by molar-refractivity contribution is 0.542. The third-order valence-electron chi connectivity index (χ3n) is 3.21. The molecular formula is C16H27NS. The van der Waals surface area contributed by atoms with Crippen molar-refractivity contribution in [2.45, 2.75) is 58.1 Å². The number of rotatable bonds is 7. The van der Waals surface area contributed by atoms with Crippen molar-refractivity contribution in [2.75, 3.05) is 6.54 Å². The van der Waals surface area contributed by atoms with E-state index in [9.17, 15) is 0 Å². The summed E-state index contributed by atoms with van der Waals surface area (Å²) in [4.78, 5) is 0. The first-order valence-corrected chi connectivity index (χ1v) is 8.00. The maximum absolute atomic E-state index is 3.57. The minimum absolute atomic E-state index is 0.584. The number of hydrogen-bond acceptors (Lipinski definition) is 2. The van der Waals surface area contributed by atoms with Crippen LogP contribution in [0.5, 0.6) is 0 Å². The Morgan fingerprint density at radius 2 is 1.72 bits per heavy atom. The lowest BCUT2D eigenvalue weighted by Crippen LogP contribution is -2.34. The van der Waals surface area contributed by atoms with Gasteiger partial charge in [0.05, 0.1) is 0 Å². The molecule has 1 rings (SSSR count). The molecule has 0 radical (unpaired) electrons. The molecule has 0 aliphatic heterocycles. The lowest BCUT2D eigenvalue weighted by Gasteiger charge is -2.21. The van der Waals surface area contributed by atoms with Gasteiger partial charge in [-0.3, -0.25) is 0 Å². The minimum atomic E-state index is 0.584. The fraction of sp³-hybridized carbons (Fsp3) is 0.625. The van der Waals surface area contributed by atoms with E-state index in [1.54, 1.807) is 0 Å². The first-order chi connectivity index (χ1) is 8.52. The molecule has 2 atom stereocenters. The molecule has 1 aromatic rings. The highest BCUT2D eigenvalue weighted by molar-refractivity contribution is 7.99. The van der Waals surface area contributed by atoms with Gasteiger partial charge in [-0.25, -0.2) is 0 Å². The molecule has 1 N–H and O–H groups in total. The maximum Gasteiger partial charge on any atom is 0.0188 e. The Hall–Kier alpha value is -0.470. The van der Waals surface area contributed by atoms with Crippen molar-refractivity contribution in [1.82, 2.24) is 5.32 Å². The zero-order valence-corrected chi connectivity index (χ0v) is 13.2. The molecule has 2 unspecified atom stereocenters. The molecule has 0 fully saturated rings. The van der Waals surface area contributed by atoms with Crippen LogP contribution in [0.4, 0.5) is 0 Å². The molecule has 2 heteroatoms. The summed E-state index contributed by atoms with van der Waals surface area (Å²) in [6.45, 7) is 12.3. The van der Waals surface area contributed by atoms with Gasteiger partial charge in [0.15, 0.2) is 0 Å². The first-order valence-electron chi connectivity index (χ1n) is 6.95. The Morgan fingerprint density at radius 1 is 1.11 bits per heavy atom. The highest BCUT2D eigenvalue weighted by Gasteiger charge is 2.11. The van der Waals surface area contributed by atoms with Gasteiger partial charge in [0, 0.05) is 17.0 Å². The van der Waals surface area contributed by atoms with Crippen molar-refractivity contribution in [3.8, 4) is 0 Å². The summed E-state index contributed by atoms with van der Waals surface area (Å²) in [7, 11) is 0. The Morgan fingerprint density at radius 3 is 2.28 bits per heavy atom. The number of nitrogens with one attached hydrogen (secondary N) is 1. The number of hydrogen-bond donors (Lipinski definition) is 1. The normalized spacial score (nSPS) is 14.5. The third-order valence-corrected chi connectivity index (χ3v) is 4.65. The molecule has 0 saturated carbocycles. The Balaban J connectivity index is 2.44. The average molecular weight is 265 g/mol. The number of benzene rings is 1. The highest BCUT2D eigenvalue weighted by Crippen LogP contribution is 2.21. The van der Waals surface area contributed by atoms with Gasteiger partial charge in [0.2, 0.25) is 0 Å². The van der Waals surface area contributed by atoms with Gasteiger partial charge in [-0.05, 0) is 39.3 Å². The van der Waals surface area contributed by atoms with E-state index in [2.05, 4.69) is 58.1 Å². The quantitative estimate of drug-likeness (QED) is 0.788. The van der Waals surface area contributed by atoms with Crippen LogP contribution in [-0.2, 0) is 5.75 Å². The molecule has 0 spiro atoms. The molecule has 1 nitrogen and oxygen atoms in total. The van der Waals surface area contributed by atoms with Crippen LogP contribution in [0.2, 0.25) is 0 Å². The van der Waals surface area contributed by atoms with Gasteiger partial charge >= 0.3 is 0 Å². The molecule has 102 valence electrons. The second-order valence-electron chi connectivity index (χ2n) is 5.25. The third kappa shape index (κ3) is 5.45. The molecule has 18 heavy (non-hydrogen) atoms. The van der Waals surface area contributed by atoms with E-state index in [1.807, 2.05) is 11.8 Å². The summed E-state index contributed by atoms with van der Waals surface area (Å²) in [5, 5.41) is 4.22. The SMILES string of the molecule is CCCNC(C)C(C)SCc1cc(C)cc(C)c1. The molecule has 1 aromatic carbocycles. The van der Waals surface area contributed by atoms with E-state index in [1.165, 1.54) is 23.1 Å². The van der Waals surface area contributed by atoms with E-state index in [0.717, 1.165) is 12.3 Å². The van der Waals surface area contributed by atoms with Crippen molar-refractivity contribution in [1.29, 1.82) is 0 Å². The van der Waals surface area contributed by atoms with Gasteiger partial charge in [-0.1, -0.05) is 43.2 Å². The van der Waals surface area contributed by atoms with Crippen molar-refractivity contribution in [3.05, 3.63) is 34.9 Å². The summed E-state index contributed by atoms with van der Waals surface area (Å²) >= 11 is 2.04. The first kappa shape index (κ1) is 15.6. The van der Waals surface area contributed by atoms with Gasteiger partial charge in [0.25, 0.3) is 0 Å². The number of thioether (sulfide) groups is 1. The monoisotopic (exact) mass is 265 g/mol. The van der Waals surface area contributed by atoms with Gasteiger partial charge in [-0.2, -0.15) is 11.8 Å². The van der Waals surface area contributed by atoms with Gasteiger partial charge < -0.3 is 5.32 Å². The van der Waals surface area contributed by atoms with Crippen LogP contribution in [-0.4, -0.2) is 17.8 Å². The molecule has 0 aliphatic carbocycles. The van der Waals surface area contributed by atoms with Crippen molar-refractivity contribution >= 4 is 11.8 Å². The maximum atomic E-state index is 3.57. The number of aryl methyl sites for hydroxylation is 2. The smallest absolute Gasteiger partial charge is 0.0188 e. The Kier molecular flexibility index (Phi) is 6.80. The lowest BCUT2D eigenvalue weighted by atomic mass is 10.1. The zero-order chi connectivity index (χ0) is 13.5. The molecular weight excluding hydrogens is 238 g/mol. The second-order valence-corrected chi connectivity index (χ2v) is 6.62. The van der Waals surface area contributed by atoms with Gasteiger partial charge in [-0.15, -0.1) is 0 Å². The Bertz CT molecular complexity index is 342. The van der Waals surface area contributed by atoms with Crippen LogP contribution >= 0.6 is 11.8 Å². The van der Waals surface area contributed by atoms with E-state index in [-0.39, 0.29) is 0 Å². The van der Waals surface area contributed by atoms with E-state index in [0.29, 0.717) is 11.3 Å². The fourth-order valence-electron chi connectivity index (χ4n) is 2.06. The van der Waals surface area contributed by atoms with Crippen LogP contribution in [0.1, 0.15) is 43.9 Å². The van der Waals surface area contributed by atoms with E-state index >= 15 is 0 Å². The Labute approximate surface area is 117 Å². The summed E-state index contributed by atoms with van der Waals surface area (Å²) in [6, 6.07) is 7.43. The van der Waals surface area contributed by atoms with Crippen molar-refractivity contribution < 1.29 is 0 Å². The average Bonchev–Trinajstić information content (AvgIpc) is 2.31. The van der Waals surface area contributed by atoms with Crippen LogP contribution in [0, 0.1) is 13.8 Å². The molecule has 0 aromatic heterocycles. The minimum Gasteiger partial charge on any atom is -0.313 e. The van der Waals surface area contributed by atoms with Gasteiger partial charge in [0.1, 0.15) is 0 Å². The summed E-state index contributed by atoms with van der Waals surface area (Å²) in [5.41, 5.74) is 4.19. The van der Waals surface area contributed by atoms with Crippen molar-refractivity contribution in [2.24, 2.45) is 0 Å². The summed E-state index contributed by atoms with van der Waals surface area (Å²) in [6.07, 6.45) is 1.21. The largest absolute Gasteiger partial charge is 0.313 e. The molecule has 0 amide bonds. The van der Waals surface area contributed by atoms with Crippen LogP contribution in [0.25, 0.3) is 0 Å². The second kappa shape index (κ2) is 7.85. The molecule has 0 saturated heterocycles. The van der Waals surface area contributed by atoms with E-state index in [4.69, 9.17) is 0 Å². The van der Waals surface area contributed by atoms with Crippen molar-refractivity contribution in [3.63, 3.8) is 0 Å². The van der Waals surface area contributed by atoms with Crippen LogP contribution in [0.15, 0.2) is 18.2 Å². The molecule has 0 aliphatic rings. The molecule has 0 heterocycles. The standard InChI is InChI=1S/C16H27NS/c1-6-7-17-14(4)15(5)18-11-16-9-12(2)8-13(3)10-16/h8-10,14-15,17H,6-7,11H2,1-5H3. The summed E-state index contributed by atoms with van der Waals surface area (Å²) in [5.74, 6) is 1.11. The van der Waals surface area contributed by atoms with E-state index < -0.39 is 0 Å². The topological polar surface area (TPSA) is 12.0 Å². The van der Waals surface area contributed by atoms with Crippen LogP contribution in [0.3, 0.4) is 0 Å². The predicted octanol–water partition coefficient (Wildman–Crippen LogP) is 4.31. The fourth-order valence-corrected chi connectivity index (χ4v) is 3.07. The highest BCUT2D eigenvalue weighted by atomic mass is 32.2. The zero-order valence-electron chi connectivity index (χ0n) is 12.4. The van der Waals surface area contributed by atoms with Crippen LogP contribution < -0.4 is 5.32 Å². The predicted molar refractivity (Wildman–Crippen MR) is 84.4 cm³/mol. The molecule has 0 bridgehead atoms.